The number of nitrogens with zero attached hydrogens (tertiary/aromatic N) is 2. The van der Waals surface area contributed by atoms with Crippen molar-refractivity contribution in [3.05, 3.63) is 71.1 Å². The summed E-state index contributed by atoms with van der Waals surface area (Å²) in [6, 6.07) is 13.6. The van der Waals surface area contributed by atoms with Crippen molar-refractivity contribution in [2.75, 3.05) is 19.0 Å². The number of carbonyl (C=O) groups is 2. The summed E-state index contributed by atoms with van der Waals surface area (Å²) >= 11 is 5.91. The molecule has 1 aliphatic carbocycles. The van der Waals surface area contributed by atoms with Gasteiger partial charge in [-0.25, -0.2) is 19.0 Å². The van der Waals surface area contributed by atoms with E-state index in [1.54, 1.807) is 36.3 Å². The molecule has 0 saturated heterocycles. The van der Waals surface area contributed by atoms with Gasteiger partial charge in [0.1, 0.15) is 11.6 Å². The number of anilines is 1. The Labute approximate surface area is 189 Å². The second-order valence-electron chi connectivity index (χ2n) is 7.69. The summed E-state index contributed by atoms with van der Waals surface area (Å²) in [6.45, 7) is 0.312. The van der Waals surface area contributed by atoms with E-state index in [-0.39, 0.29) is 36.2 Å². The van der Waals surface area contributed by atoms with Crippen LogP contribution in [0.3, 0.4) is 0 Å². The molecule has 2 atom stereocenters. The molecule has 1 aliphatic rings. The number of amides is 3. The topological polar surface area (TPSA) is 83.6 Å². The van der Waals surface area contributed by atoms with Crippen LogP contribution >= 0.6 is 11.6 Å². The van der Waals surface area contributed by atoms with Crippen molar-refractivity contribution in [2.24, 2.45) is 5.92 Å². The molecule has 0 radical (unpaired) electrons. The fourth-order valence-electron chi connectivity index (χ4n) is 3.49. The zero-order valence-corrected chi connectivity index (χ0v) is 18.1. The van der Waals surface area contributed by atoms with Crippen LogP contribution < -0.4 is 10.6 Å². The highest BCUT2D eigenvalue weighted by Crippen LogP contribution is 2.35. The van der Waals surface area contributed by atoms with Crippen molar-refractivity contribution in [1.29, 1.82) is 0 Å². The third-order valence-corrected chi connectivity index (χ3v) is 5.88. The highest BCUT2D eigenvalue weighted by molar-refractivity contribution is 6.31. The van der Waals surface area contributed by atoms with Crippen LogP contribution in [0.4, 0.5) is 19.8 Å². The lowest BCUT2D eigenvalue weighted by atomic mass is 10.2. The highest BCUT2D eigenvalue weighted by atomic mass is 35.5. The molecular weight excluding hydrogens is 435 g/mol. The second kappa shape index (κ2) is 9.40. The lowest BCUT2D eigenvalue weighted by molar-refractivity contribution is 0.151. The number of rotatable bonds is 6. The minimum Gasteiger partial charge on any atom is -0.449 e. The van der Waals surface area contributed by atoms with Gasteiger partial charge in [0.25, 0.3) is 0 Å². The van der Waals surface area contributed by atoms with Crippen LogP contribution in [-0.2, 0) is 11.3 Å². The van der Waals surface area contributed by atoms with Gasteiger partial charge in [-0.1, -0.05) is 48.0 Å². The van der Waals surface area contributed by atoms with Crippen LogP contribution in [-0.4, -0.2) is 41.7 Å². The normalized spacial score (nSPS) is 17.0. The Morgan fingerprint density at radius 2 is 2.00 bits per heavy atom. The maximum absolute atomic E-state index is 13.5. The fourth-order valence-corrected chi connectivity index (χ4v) is 3.68. The first kappa shape index (κ1) is 21.8. The summed E-state index contributed by atoms with van der Waals surface area (Å²) in [4.78, 5) is 30.2. The average molecular weight is 457 g/mol. The molecular formula is C23H22ClFN4O3. The number of fused-ring (bicyclic) bond motifs is 1. The summed E-state index contributed by atoms with van der Waals surface area (Å²) in [5.41, 5.74) is 0.503. The maximum Gasteiger partial charge on any atom is 0.412 e. The van der Waals surface area contributed by atoms with Gasteiger partial charge in [0, 0.05) is 37.1 Å². The van der Waals surface area contributed by atoms with Crippen LogP contribution in [0, 0.1) is 11.7 Å². The lowest BCUT2D eigenvalue weighted by Gasteiger charge is -2.18. The number of nitrogens with one attached hydrogen (secondary N) is 2. The molecule has 9 heteroatoms. The molecule has 1 aromatic heterocycles. The van der Waals surface area contributed by atoms with Gasteiger partial charge in [-0.2, -0.15) is 0 Å². The summed E-state index contributed by atoms with van der Waals surface area (Å²) in [5.74, 6) is -0.0595. The molecule has 0 bridgehead atoms. The molecule has 3 aromatic rings. The maximum atomic E-state index is 13.5. The predicted octanol–water partition coefficient (Wildman–Crippen LogP) is 4.81. The van der Waals surface area contributed by atoms with E-state index < -0.39 is 11.9 Å². The molecule has 32 heavy (non-hydrogen) atoms. The Hall–Kier alpha value is -3.39. The number of hydrogen-bond acceptors (Lipinski definition) is 4. The molecule has 1 fully saturated rings. The van der Waals surface area contributed by atoms with Gasteiger partial charge < -0.3 is 15.0 Å². The van der Waals surface area contributed by atoms with E-state index in [2.05, 4.69) is 15.6 Å². The highest BCUT2D eigenvalue weighted by Gasteiger charge is 2.43. The van der Waals surface area contributed by atoms with E-state index in [4.69, 9.17) is 16.3 Å². The molecule has 1 heterocycles. The molecule has 3 amide bonds. The summed E-state index contributed by atoms with van der Waals surface area (Å²) in [5, 5.41) is 7.30. The zero-order valence-electron chi connectivity index (χ0n) is 17.3. The lowest BCUT2D eigenvalue weighted by Crippen LogP contribution is -2.39. The monoisotopic (exact) mass is 456 g/mol. The summed E-state index contributed by atoms with van der Waals surface area (Å²) in [7, 11) is 1.67. The van der Waals surface area contributed by atoms with Crippen molar-refractivity contribution in [3.8, 4) is 0 Å². The molecule has 1 saturated carbocycles. The van der Waals surface area contributed by atoms with Gasteiger partial charge in [0.15, 0.2) is 0 Å². The van der Waals surface area contributed by atoms with Crippen LogP contribution in [0.25, 0.3) is 10.8 Å². The van der Waals surface area contributed by atoms with Crippen molar-refractivity contribution >= 4 is 40.3 Å². The van der Waals surface area contributed by atoms with Crippen LogP contribution in [0.1, 0.15) is 12.0 Å². The van der Waals surface area contributed by atoms with Crippen molar-refractivity contribution in [3.63, 3.8) is 0 Å². The number of urea groups is 1. The summed E-state index contributed by atoms with van der Waals surface area (Å²) in [6.07, 6.45) is 1.82. The van der Waals surface area contributed by atoms with Gasteiger partial charge in [-0.3, -0.25) is 5.32 Å². The van der Waals surface area contributed by atoms with E-state index in [0.29, 0.717) is 11.4 Å². The third-order valence-electron chi connectivity index (χ3n) is 5.45. The van der Waals surface area contributed by atoms with E-state index in [1.807, 2.05) is 24.3 Å². The van der Waals surface area contributed by atoms with Crippen LogP contribution in [0.5, 0.6) is 0 Å². The Morgan fingerprint density at radius 3 is 2.81 bits per heavy atom. The van der Waals surface area contributed by atoms with E-state index in [9.17, 15) is 14.0 Å². The summed E-state index contributed by atoms with van der Waals surface area (Å²) < 4.78 is 18.8. The smallest absolute Gasteiger partial charge is 0.412 e. The molecule has 166 valence electrons. The molecule has 0 aliphatic heterocycles. The number of carbonyl (C=O) groups excluding carboxylic acids is 2. The fraction of sp³-hybridized carbons (Fsp3) is 0.261. The Balaban J connectivity index is 1.21. The van der Waals surface area contributed by atoms with Crippen LogP contribution in [0.15, 0.2) is 54.7 Å². The van der Waals surface area contributed by atoms with Gasteiger partial charge in [-0.05, 0) is 29.5 Å². The number of ether oxygens (including phenoxy) is 1. The van der Waals surface area contributed by atoms with E-state index in [0.717, 1.165) is 17.2 Å². The van der Waals surface area contributed by atoms with Crippen molar-refractivity contribution < 1.29 is 18.7 Å². The molecule has 2 N–H and O–H groups in total. The van der Waals surface area contributed by atoms with Gasteiger partial charge in [0.05, 0.1) is 11.6 Å². The van der Waals surface area contributed by atoms with Gasteiger partial charge in [0.2, 0.25) is 0 Å². The number of pyridine rings is 1. The Morgan fingerprint density at radius 1 is 1.22 bits per heavy atom. The number of aromatic nitrogens is 1. The standard InChI is InChI=1S/C23H22ClFN4O3/c1-29(22(30)27-12-16-7-4-8-18(25)21(16)24)19-9-17(19)13-32-23(31)28-20-10-14-5-2-3-6-15(14)11-26-20/h2-8,10-11,17,19H,9,12-13H2,1H3,(H,27,30)(H,26,28,31)/t17-,19-/m1/s1. The first-order valence-electron chi connectivity index (χ1n) is 10.1. The van der Waals surface area contributed by atoms with E-state index in [1.165, 1.54) is 6.07 Å². The average Bonchev–Trinajstić information content (AvgIpc) is 3.57. The molecule has 0 spiro atoms. The minimum absolute atomic E-state index is 0.0000624. The quantitative estimate of drug-likeness (QED) is 0.557. The van der Waals surface area contributed by atoms with Gasteiger partial charge >= 0.3 is 12.1 Å². The number of benzene rings is 2. The third kappa shape index (κ3) is 5.08. The SMILES string of the molecule is CN(C(=O)NCc1cccc(F)c1Cl)[C@@H]1C[C@@H]1COC(=O)Nc1cc2ccccc2cn1. The molecule has 2 aromatic carbocycles. The predicted molar refractivity (Wildman–Crippen MR) is 120 cm³/mol. The minimum atomic E-state index is -0.591. The first-order valence-corrected chi connectivity index (χ1v) is 10.5. The molecule has 0 unspecified atom stereocenters. The van der Waals surface area contributed by atoms with Crippen molar-refractivity contribution in [1.82, 2.24) is 15.2 Å². The van der Waals surface area contributed by atoms with Gasteiger partial charge in [-0.15, -0.1) is 0 Å². The van der Waals surface area contributed by atoms with Crippen LogP contribution in [0.2, 0.25) is 5.02 Å². The largest absolute Gasteiger partial charge is 0.449 e. The second-order valence-corrected chi connectivity index (χ2v) is 8.06. The first-order chi connectivity index (χ1) is 15.4. The van der Waals surface area contributed by atoms with Crippen molar-refractivity contribution in [2.45, 2.75) is 19.0 Å². The Kier molecular flexibility index (Phi) is 6.41. The molecule has 4 rings (SSSR count). The number of hydrogen-bond donors (Lipinski definition) is 2. The molecule has 7 nitrogen and oxygen atoms in total. The zero-order chi connectivity index (χ0) is 22.7. The Bertz CT molecular complexity index is 1160. The number of halogens is 2. The van der Waals surface area contributed by atoms with E-state index >= 15 is 0 Å².